The summed E-state index contributed by atoms with van der Waals surface area (Å²) in [5.41, 5.74) is 2.04. The first kappa shape index (κ1) is 19.9. The quantitative estimate of drug-likeness (QED) is 0.571. The maximum absolute atomic E-state index is 12.1. The molecular weight excluding hydrogens is 378 g/mol. The van der Waals surface area contributed by atoms with E-state index in [4.69, 9.17) is 0 Å². The van der Waals surface area contributed by atoms with Gasteiger partial charge in [0.05, 0.1) is 11.4 Å². The number of rotatable bonds is 6. The van der Waals surface area contributed by atoms with Gasteiger partial charge in [0.2, 0.25) is 10.0 Å². The highest BCUT2D eigenvalue weighted by atomic mass is 32.2. The number of aryl methyl sites for hydroxylation is 1. The number of carbonyl (C=O) groups excluding carboxylic acids is 2. The molecule has 0 radical (unpaired) electrons. The summed E-state index contributed by atoms with van der Waals surface area (Å²) >= 11 is 0. The van der Waals surface area contributed by atoms with Gasteiger partial charge in [-0.25, -0.2) is 8.42 Å². The Labute approximate surface area is 164 Å². The number of anilines is 2. The van der Waals surface area contributed by atoms with E-state index < -0.39 is 21.8 Å². The molecular formula is C20H23N3O4S. The Morgan fingerprint density at radius 2 is 1.79 bits per heavy atom. The van der Waals surface area contributed by atoms with Crippen LogP contribution in [0.15, 0.2) is 54.6 Å². The van der Waals surface area contributed by atoms with Crippen molar-refractivity contribution in [2.45, 2.75) is 19.3 Å². The summed E-state index contributed by atoms with van der Waals surface area (Å²) in [5, 5.41) is 5.12. The van der Waals surface area contributed by atoms with Gasteiger partial charge in [-0.05, 0) is 43.0 Å². The van der Waals surface area contributed by atoms with Crippen LogP contribution in [-0.2, 0) is 26.0 Å². The Balaban J connectivity index is 1.50. The van der Waals surface area contributed by atoms with E-state index in [-0.39, 0.29) is 5.75 Å². The van der Waals surface area contributed by atoms with Gasteiger partial charge in [-0.3, -0.25) is 13.9 Å². The highest BCUT2D eigenvalue weighted by Crippen LogP contribution is 2.26. The first-order valence-corrected chi connectivity index (χ1v) is 10.8. The second kappa shape index (κ2) is 8.88. The molecule has 0 bridgehead atoms. The largest absolute Gasteiger partial charge is 0.348 e. The normalized spacial score (nSPS) is 15.2. The molecule has 0 spiro atoms. The van der Waals surface area contributed by atoms with Crippen molar-refractivity contribution in [1.82, 2.24) is 5.32 Å². The standard InChI is InChI=1S/C20H23N3O4S/c24-19(21-12-5-9-16-7-2-1-3-8-16)20(25)22-17-10-4-11-18(15-17)23-13-6-14-28(23,26)27/h1-4,7-8,10-11,15H,5-6,9,12-14H2,(H,21,24)(H,22,25). The van der Waals surface area contributed by atoms with Crippen molar-refractivity contribution in [2.24, 2.45) is 0 Å². The number of amides is 2. The highest BCUT2D eigenvalue weighted by Gasteiger charge is 2.28. The molecule has 0 aliphatic carbocycles. The minimum absolute atomic E-state index is 0.120. The molecule has 8 heteroatoms. The number of hydrogen-bond donors (Lipinski definition) is 2. The summed E-state index contributed by atoms with van der Waals surface area (Å²) < 4.78 is 25.4. The van der Waals surface area contributed by atoms with Crippen LogP contribution in [0.1, 0.15) is 18.4 Å². The van der Waals surface area contributed by atoms with E-state index in [1.54, 1.807) is 24.3 Å². The fourth-order valence-corrected chi connectivity index (χ4v) is 4.63. The van der Waals surface area contributed by atoms with Crippen LogP contribution in [0, 0.1) is 0 Å². The van der Waals surface area contributed by atoms with Crippen LogP contribution in [0.25, 0.3) is 0 Å². The van der Waals surface area contributed by atoms with Gasteiger partial charge in [-0.15, -0.1) is 0 Å². The molecule has 1 aliphatic heterocycles. The van der Waals surface area contributed by atoms with Crippen LogP contribution in [0.3, 0.4) is 0 Å². The van der Waals surface area contributed by atoms with E-state index >= 15 is 0 Å². The third-order valence-electron chi connectivity index (χ3n) is 4.47. The van der Waals surface area contributed by atoms with Crippen molar-refractivity contribution in [2.75, 3.05) is 28.5 Å². The zero-order valence-corrected chi connectivity index (χ0v) is 16.2. The van der Waals surface area contributed by atoms with Crippen LogP contribution in [-0.4, -0.2) is 39.1 Å². The Kier molecular flexibility index (Phi) is 6.30. The molecule has 148 valence electrons. The Bertz CT molecular complexity index is 945. The number of benzene rings is 2. The molecule has 7 nitrogen and oxygen atoms in total. The predicted octanol–water partition coefficient (Wildman–Crippen LogP) is 1.91. The van der Waals surface area contributed by atoms with Crippen molar-refractivity contribution < 1.29 is 18.0 Å². The molecule has 0 aromatic heterocycles. The molecule has 0 saturated carbocycles. The van der Waals surface area contributed by atoms with Crippen LogP contribution in [0.2, 0.25) is 0 Å². The average molecular weight is 401 g/mol. The fraction of sp³-hybridized carbons (Fsp3) is 0.300. The molecule has 3 rings (SSSR count). The molecule has 2 N–H and O–H groups in total. The predicted molar refractivity (Wildman–Crippen MR) is 109 cm³/mol. The number of nitrogens with one attached hydrogen (secondary N) is 2. The first-order valence-electron chi connectivity index (χ1n) is 9.19. The molecule has 1 saturated heterocycles. The van der Waals surface area contributed by atoms with E-state index in [1.165, 1.54) is 9.87 Å². The monoisotopic (exact) mass is 401 g/mol. The lowest BCUT2D eigenvalue weighted by Gasteiger charge is -2.17. The van der Waals surface area contributed by atoms with Crippen molar-refractivity contribution >= 4 is 33.2 Å². The van der Waals surface area contributed by atoms with Crippen molar-refractivity contribution in [3.63, 3.8) is 0 Å². The van der Waals surface area contributed by atoms with Crippen molar-refractivity contribution in [3.8, 4) is 0 Å². The van der Waals surface area contributed by atoms with Crippen LogP contribution in [0.4, 0.5) is 11.4 Å². The summed E-state index contributed by atoms with van der Waals surface area (Å²) in [7, 11) is -3.30. The second-order valence-electron chi connectivity index (χ2n) is 6.59. The second-order valence-corrected chi connectivity index (χ2v) is 8.60. The van der Waals surface area contributed by atoms with Gasteiger partial charge in [0.25, 0.3) is 0 Å². The smallest absolute Gasteiger partial charge is 0.313 e. The topological polar surface area (TPSA) is 95.6 Å². The van der Waals surface area contributed by atoms with Gasteiger partial charge >= 0.3 is 11.8 Å². The number of carbonyl (C=O) groups is 2. The van der Waals surface area contributed by atoms with Gasteiger partial charge in [-0.1, -0.05) is 36.4 Å². The van der Waals surface area contributed by atoms with E-state index in [0.717, 1.165) is 12.8 Å². The molecule has 1 fully saturated rings. The molecule has 28 heavy (non-hydrogen) atoms. The van der Waals surface area contributed by atoms with Gasteiger partial charge in [0.1, 0.15) is 0 Å². The summed E-state index contributed by atoms with van der Waals surface area (Å²) in [6.45, 7) is 0.814. The third kappa shape index (κ3) is 5.10. The maximum Gasteiger partial charge on any atom is 0.313 e. The SMILES string of the molecule is O=C(NCCCc1ccccc1)C(=O)Nc1cccc(N2CCCS2(=O)=O)c1. The van der Waals surface area contributed by atoms with Gasteiger partial charge in [-0.2, -0.15) is 0 Å². The number of hydrogen-bond acceptors (Lipinski definition) is 4. The third-order valence-corrected chi connectivity index (χ3v) is 6.34. The molecule has 2 amide bonds. The van der Waals surface area contributed by atoms with Crippen LogP contribution >= 0.6 is 0 Å². The minimum Gasteiger partial charge on any atom is -0.348 e. The lowest BCUT2D eigenvalue weighted by molar-refractivity contribution is -0.136. The van der Waals surface area contributed by atoms with Crippen molar-refractivity contribution in [3.05, 3.63) is 60.2 Å². The molecule has 2 aromatic rings. The van der Waals surface area contributed by atoms with E-state index in [9.17, 15) is 18.0 Å². The maximum atomic E-state index is 12.1. The summed E-state index contributed by atoms with van der Waals surface area (Å²) in [6, 6.07) is 16.4. The summed E-state index contributed by atoms with van der Waals surface area (Å²) in [4.78, 5) is 24.1. The summed E-state index contributed by atoms with van der Waals surface area (Å²) in [6.07, 6.45) is 2.12. The molecule has 0 unspecified atom stereocenters. The zero-order valence-electron chi connectivity index (χ0n) is 15.4. The van der Waals surface area contributed by atoms with Gasteiger partial charge < -0.3 is 10.6 Å². The summed E-state index contributed by atoms with van der Waals surface area (Å²) in [5.74, 6) is -1.37. The van der Waals surface area contributed by atoms with E-state index in [0.29, 0.717) is 30.9 Å². The van der Waals surface area contributed by atoms with Crippen molar-refractivity contribution in [1.29, 1.82) is 0 Å². The van der Waals surface area contributed by atoms with Gasteiger partial charge in [0.15, 0.2) is 0 Å². The number of sulfonamides is 1. The average Bonchev–Trinajstić information content (AvgIpc) is 3.05. The molecule has 0 atom stereocenters. The molecule has 1 aliphatic rings. The fourth-order valence-electron chi connectivity index (χ4n) is 3.08. The Morgan fingerprint density at radius 1 is 1.00 bits per heavy atom. The lowest BCUT2D eigenvalue weighted by atomic mass is 10.1. The Hall–Kier alpha value is -2.87. The number of nitrogens with zero attached hydrogens (tertiary/aromatic N) is 1. The minimum atomic E-state index is -3.30. The van der Waals surface area contributed by atoms with E-state index in [2.05, 4.69) is 10.6 Å². The Morgan fingerprint density at radius 3 is 2.50 bits per heavy atom. The lowest BCUT2D eigenvalue weighted by Crippen LogP contribution is -2.36. The molecule has 2 aromatic carbocycles. The highest BCUT2D eigenvalue weighted by molar-refractivity contribution is 7.93. The van der Waals surface area contributed by atoms with Crippen LogP contribution < -0.4 is 14.9 Å². The zero-order chi connectivity index (χ0) is 20.0. The van der Waals surface area contributed by atoms with E-state index in [1.807, 2.05) is 30.3 Å². The first-order chi connectivity index (χ1) is 13.5. The van der Waals surface area contributed by atoms with Crippen LogP contribution in [0.5, 0.6) is 0 Å². The molecule has 1 heterocycles. The van der Waals surface area contributed by atoms with Gasteiger partial charge in [0, 0.05) is 18.8 Å².